The molecule has 0 saturated carbocycles. The number of benzene rings is 3. The number of aromatic nitrogens is 1. The van der Waals surface area contributed by atoms with E-state index < -0.39 is 0 Å². The number of amides is 1. The molecule has 0 bridgehead atoms. The summed E-state index contributed by atoms with van der Waals surface area (Å²) in [6.07, 6.45) is 0.128. The van der Waals surface area contributed by atoms with Crippen LogP contribution in [-0.4, -0.2) is 17.0 Å². The number of rotatable bonds is 7. The van der Waals surface area contributed by atoms with E-state index >= 15 is 0 Å². The molecule has 0 unspecified atom stereocenters. The highest BCUT2D eigenvalue weighted by atomic mass is 35.5. The van der Waals surface area contributed by atoms with Crippen LogP contribution in [0.2, 0.25) is 5.02 Å². The number of hydrogen-bond acceptors (Lipinski definition) is 3. The van der Waals surface area contributed by atoms with Crippen molar-refractivity contribution < 1.29 is 9.53 Å². The molecule has 1 amide bonds. The van der Waals surface area contributed by atoms with Gasteiger partial charge in [-0.2, -0.15) is 0 Å². The summed E-state index contributed by atoms with van der Waals surface area (Å²) in [6.45, 7) is 6.46. The van der Waals surface area contributed by atoms with Gasteiger partial charge in [0.25, 0.3) is 5.91 Å². The fourth-order valence-electron chi connectivity index (χ4n) is 3.40. The quantitative estimate of drug-likeness (QED) is 0.309. The van der Waals surface area contributed by atoms with Crippen LogP contribution in [0.5, 0.6) is 5.75 Å². The van der Waals surface area contributed by atoms with Crippen molar-refractivity contribution in [1.29, 1.82) is 0 Å². The van der Waals surface area contributed by atoms with E-state index in [-0.39, 0.29) is 12.0 Å². The lowest BCUT2D eigenvalue weighted by Crippen LogP contribution is -2.23. The molecule has 1 heterocycles. The number of nitrogens with one attached hydrogen (secondary N) is 2. The van der Waals surface area contributed by atoms with Gasteiger partial charge in [0.2, 0.25) is 0 Å². The molecule has 1 aromatic heterocycles. The smallest absolute Gasteiger partial charge is 0.269 e. The van der Waals surface area contributed by atoms with Crippen molar-refractivity contribution in [3.05, 3.63) is 88.6 Å². The number of aryl methyl sites for hydroxylation is 1. The van der Waals surface area contributed by atoms with Crippen LogP contribution in [-0.2, 0) is 6.54 Å². The molecule has 0 saturated heterocycles. The maximum atomic E-state index is 13.1. The zero-order valence-corrected chi connectivity index (χ0v) is 19.8. The Morgan fingerprint density at radius 2 is 1.78 bits per heavy atom. The Kier molecular flexibility index (Phi) is 6.77. The van der Waals surface area contributed by atoms with E-state index in [2.05, 4.69) is 28.5 Å². The van der Waals surface area contributed by atoms with Crippen molar-refractivity contribution in [2.24, 2.45) is 0 Å². The first kappa shape index (κ1) is 22.3. The standard InChI is InChI=1S/C26H25ClN2O2S/c1-16(2)31-20-9-5-18(6-10-20)15-28-26(30)24-25(32-21-11-7-19(27)8-12-21)22-13-4-17(3)14-23(22)29-24/h4-14,16,29H,15H2,1-3H3,(H,28,30). The number of halogens is 1. The largest absolute Gasteiger partial charge is 0.491 e. The van der Waals surface area contributed by atoms with E-state index in [0.717, 1.165) is 37.6 Å². The molecule has 0 fully saturated rings. The summed E-state index contributed by atoms with van der Waals surface area (Å²) >= 11 is 7.59. The summed E-state index contributed by atoms with van der Waals surface area (Å²) < 4.78 is 5.68. The second-order valence-corrected chi connectivity index (χ2v) is 9.45. The van der Waals surface area contributed by atoms with Crippen LogP contribution in [0.4, 0.5) is 0 Å². The Morgan fingerprint density at radius 1 is 1.06 bits per heavy atom. The van der Waals surface area contributed by atoms with Gasteiger partial charge in [0, 0.05) is 27.4 Å². The van der Waals surface area contributed by atoms with Crippen molar-refractivity contribution in [1.82, 2.24) is 10.3 Å². The van der Waals surface area contributed by atoms with Crippen LogP contribution in [0.15, 0.2) is 76.5 Å². The van der Waals surface area contributed by atoms with Crippen LogP contribution in [0.3, 0.4) is 0 Å². The third kappa shape index (κ3) is 5.29. The summed E-state index contributed by atoms with van der Waals surface area (Å²) in [7, 11) is 0. The van der Waals surface area contributed by atoms with Crippen LogP contribution < -0.4 is 10.1 Å². The summed E-state index contributed by atoms with van der Waals surface area (Å²) in [5, 5.41) is 4.75. The van der Waals surface area contributed by atoms with E-state index in [4.69, 9.17) is 16.3 Å². The van der Waals surface area contributed by atoms with Crippen molar-refractivity contribution >= 4 is 40.2 Å². The van der Waals surface area contributed by atoms with Gasteiger partial charge < -0.3 is 15.0 Å². The minimum atomic E-state index is -0.141. The molecule has 4 nitrogen and oxygen atoms in total. The van der Waals surface area contributed by atoms with Gasteiger partial charge in [-0.15, -0.1) is 0 Å². The minimum Gasteiger partial charge on any atom is -0.491 e. The second kappa shape index (κ2) is 9.72. The maximum absolute atomic E-state index is 13.1. The molecule has 3 aromatic carbocycles. The molecule has 2 N–H and O–H groups in total. The number of ether oxygens (including phenoxy) is 1. The van der Waals surface area contributed by atoms with E-state index in [1.54, 1.807) is 11.8 Å². The van der Waals surface area contributed by atoms with Crippen molar-refractivity contribution in [2.45, 2.75) is 43.2 Å². The first-order valence-electron chi connectivity index (χ1n) is 10.5. The maximum Gasteiger partial charge on any atom is 0.269 e. The number of aromatic amines is 1. The molecule has 32 heavy (non-hydrogen) atoms. The van der Waals surface area contributed by atoms with Gasteiger partial charge in [0.15, 0.2) is 0 Å². The van der Waals surface area contributed by atoms with Gasteiger partial charge in [-0.05, 0) is 74.4 Å². The highest BCUT2D eigenvalue weighted by Gasteiger charge is 2.19. The third-order valence-electron chi connectivity index (χ3n) is 4.92. The highest BCUT2D eigenvalue weighted by Crippen LogP contribution is 2.37. The van der Waals surface area contributed by atoms with Crippen molar-refractivity contribution in [3.8, 4) is 5.75 Å². The number of hydrogen-bond donors (Lipinski definition) is 2. The number of fused-ring (bicyclic) bond motifs is 1. The molecular weight excluding hydrogens is 440 g/mol. The molecule has 6 heteroatoms. The first-order valence-corrected chi connectivity index (χ1v) is 11.7. The zero-order chi connectivity index (χ0) is 22.7. The van der Waals surface area contributed by atoms with Gasteiger partial charge in [0.1, 0.15) is 11.4 Å². The molecule has 164 valence electrons. The Bertz CT molecular complexity index is 1230. The molecule has 0 atom stereocenters. The number of carbonyl (C=O) groups is 1. The highest BCUT2D eigenvalue weighted by molar-refractivity contribution is 7.99. The van der Waals surface area contributed by atoms with Crippen molar-refractivity contribution in [3.63, 3.8) is 0 Å². The molecule has 0 aliphatic rings. The fraction of sp³-hybridized carbons (Fsp3) is 0.192. The van der Waals surface area contributed by atoms with E-state index in [1.165, 1.54) is 0 Å². The van der Waals surface area contributed by atoms with Crippen LogP contribution in [0.25, 0.3) is 10.9 Å². The SMILES string of the molecule is Cc1ccc2c(Sc3ccc(Cl)cc3)c(C(=O)NCc3ccc(OC(C)C)cc3)[nH]c2c1. The van der Waals surface area contributed by atoms with E-state index in [0.29, 0.717) is 17.3 Å². The first-order chi connectivity index (χ1) is 15.4. The Labute approximate surface area is 197 Å². The van der Waals surface area contributed by atoms with Gasteiger partial charge in [-0.1, -0.05) is 47.6 Å². The Hall–Kier alpha value is -2.89. The zero-order valence-electron chi connectivity index (χ0n) is 18.2. The van der Waals surface area contributed by atoms with Crippen molar-refractivity contribution in [2.75, 3.05) is 0 Å². The fourth-order valence-corrected chi connectivity index (χ4v) is 4.57. The lowest BCUT2D eigenvalue weighted by Gasteiger charge is -2.11. The topological polar surface area (TPSA) is 54.1 Å². The molecular formula is C26H25ClN2O2S. The second-order valence-electron chi connectivity index (χ2n) is 7.93. The summed E-state index contributed by atoms with van der Waals surface area (Å²) in [4.78, 5) is 18.4. The van der Waals surface area contributed by atoms with Crippen LogP contribution in [0, 0.1) is 6.92 Å². The minimum absolute atomic E-state index is 0.128. The predicted octanol–water partition coefficient (Wildman–Crippen LogP) is 7.00. The number of H-pyrrole nitrogens is 1. The van der Waals surface area contributed by atoms with Gasteiger partial charge in [0.05, 0.1) is 11.0 Å². The average Bonchev–Trinajstić information content (AvgIpc) is 3.11. The third-order valence-corrected chi connectivity index (χ3v) is 6.30. The molecule has 0 aliphatic carbocycles. The molecule has 0 spiro atoms. The monoisotopic (exact) mass is 464 g/mol. The average molecular weight is 465 g/mol. The van der Waals surface area contributed by atoms with E-state index in [1.807, 2.05) is 69.3 Å². The lowest BCUT2D eigenvalue weighted by atomic mass is 10.2. The predicted molar refractivity (Wildman–Crippen MR) is 132 cm³/mol. The van der Waals surface area contributed by atoms with Gasteiger partial charge >= 0.3 is 0 Å². The normalized spacial score (nSPS) is 11.2. The lowest BCUT2D eigenvalue weighted by molar-refractivity contribution is 0.0944. The number of carbonyl (C=O) groups excluding carboxylic acids is 1. The Morgan fingerprint density at radius 3 is 2.47 bits per heavy atom. The van der Waals surface area contributed by atoms with Crippen LogP contribution >= 0.6 is 23.4 Å². The van der Waals surface area contributed by atoms with Gasteiger partial charge in [-0.25, -0.2) is 0 Å². The van der Waals surface area contributed by atoms with Crippen LogP contribution in [0.1, 0.15) is 35.5 Å². The Balaban J connectivity index is 1.56. The summed E-state index contributed by atoms with van der Waals surface area (Å²) in [5.74, 6) is 0.681. The molecule has 4 aromatic rings. The van der Waals surface area contributed by atoms with Gasteiger partial charge in [-0.3, -0.25) is 4.79 Å². The summed E-state index contributed by atoms with van der Waals surface area (Å²) in [6, 6.07) is 21.6. The molecule has 4 rings (SSSR count). The summed E-state index contributed by atoms with van der Waals surface area (Å²) in [5.41, 5.74) is 3.65. The van der Waals surface area contributed by atoms with E-state index in [9.17, 15) is 4.79 Å². The molecule has 0 radical (unpaired) electrons. The molecule has 0 aliphatic heterocycles.